The molecule has 2 saturated heterocycles. The van der Waals surface area contributed by atoms with Crippen LogP contribution in [0.5, 0.6) is 0 Å². The van der Waals surface area contributed by atoms with E-state index in [2.05, 4.69) is 10.2 Å². The Morgan fingerprint density at radius 2 is 1.67 bits per heavy atom. The zero-order valence-electron chi connectivity index (χ0n) is 13.5. The molecule has 4 bridgehead atoms. The molecule has 0 aromatic carbocycles. The van der Waals surface area contributed by atoms with E-state index in [0.717, 1.165) is 35.1 Å². The molecule has 0 amide bonds. The summed E-state index contributed by atoms with van der Waals surface area (Å²) in [6.07, 6.45) is 14.0. The minimum atomic E-state index is 0.788. The van der Waals surface area contributed by atoms with Gasteiger partial charge in [0.25, 0.3) is 0 Å². The summed E-state index contributed by atoms with van der Waals surface area (Å²) in [5.74, 6) is 4.34. The standard InChI is InChI=1S/C19H32N2/c1-2-17-12-21(13-18(17)20-4-1)5-3-19-9-14-6-15(10-19)8-16(7-14)11-19/h14-18,20H,1-13H2/t14?,15?,16?,17-,18+,19?/m0/s1. The fourth-order valence-electron chi connectivity index (χ4n) is 7.31. The van der Waals surface area contributed by atoms with E-state index in [1.807, 2.05) is 0 Å². The predicted octanol–water partition coefficient (Wildman–Crippen LogP) is 3.28. The highest BCUT2D eigenvalue weighted by Crippen LogP contribution is 2.61. The second-order valence-corrected chi connectivity index (χ2v) is 9.39. The molecule has 0 aromatic heterocycles. The van der Waals surface area contributed by atoms with Gasteiger partial charge in [0.1, 0.15) is 0 Å². The second kappa shape index (κ2) is 4.96. The molecule has 6 aliphatic rings. The van der Waals surface area contributed by atoms with Gasteiger partial charge in [0.05, 0.1) is 0 Å². The summed E-state index contributed by atoms with van der Waals surface area (Å²) in [5.41, 5.74) is 0.788. The van der Waals surface area contributed by atoms with E-state index in [9.17, 15) is 0 Å². The fourth-order valence-corrected chi connectivity index (χ4v) is 7.31. The Kier molecular flexibility index (Phi) is 3.16. The SMILES string of the molecule is C1CN[C@@H]2CN(CCC34CC5CC(CC(C5)C3)C4)C[C@@H]2C1. The van der Waals surface area contributed by atoms with E-state index in [4.69, 9.17) is 0 Å². The Labute approximate surface area is 130 Å². The highest BCUT2D eigenvalue weighted by molar-refractivity contribution is 5.02. The predicted molar refractivity (Wildman–Crippen MR) is 86.2 cm³/mol. The van der Waals surface area contributed by atoms with Gasteiger partial charge in [-0.1, -0.05) is 0 Å². The molecule has 2 atom stereocenters. The summed E-state index contributed by atoms with van der Waals surface area (Å²) in [5, 5.41) is 3.76. The van der Waals surface area contributed by atoms with E-state index in [1.165, 1.54) is 45.4 Å². The molecule has 21 heavy (non-hydrogen) atoms. The number of piperidine rings is 1. The average Bonchev–Trinajstić information content (AvgIpc) is 2.87. The van der Waals surface area contributed by atoms with Gasteiger partial charge in [0, 0.05) is 19.1 Å². The van der Waals surface area contributed by atoms with Crippen LogP contribution in [0.3, 0.4) is 0 Å². The third-order valence-electron chi connectivity index (χ3n) is 7.80. The van der Waals surface area contributed by atoms with Crippen molar-refractivity contribution in [1.29, 1.82) is 0 Å². The summed E-state index contributed by atoms with van der Waals surface area (Å²) in [6.45, 7) is 5.41. The van der Waals surface area contributed by atoms with Crippen LogP contribution >= 0.6 is 0 Å². The number of nitrogens with zero attached hydrogens (tertiary/aromatic N) is 1. The third-order valence-corrected chi connectivity index (χ3v) is 7.80. The summed E-state index contributed by atoms with van der Waals surface area (Å²) >= 11 is 0. The Hall–Kier alpha value is -0.0800. The molecule has 2 nitrogen and oxygen atoms in total. The molecule has 4 saturated carbocycles. The molecule has 4 aliphatic carbocycles. The van der Waals surface area contributed by atoms with Crippen LogP contribution in [0.15, 0.2) is 0 Å². The zero-order valence-corrected chi connectivity index (χ0v) is 13.5. The zero-order chi connectivity index (χ0) is 13.9. The maximum atomic E-state index is 3.76. The summed E-state index contributed by atoms with van der Waals surface area (Å²) < 4.78 is 0. The van der Waals surface area contributed by atoms with Crippen LogP contribution in [0.25, 0.3) is 0 Å². The molecule has 2 heterocycles. The molecule has 0 spiro atoms. The van der Waals surface area contributed by atoms with Crippen LogP contribution in [-0.2, 0) is 0 Å². The number of hydrogen-bond acceptors (Lipinski definition) is 2. The Morgan fingerprint density at radius 3 is 2.33 bits per heavy atom. The number of likely N-dealkylation sites (tertiary alicyclic amines) is 1. The van der Waals surface area contributed by atoms with Crippen molar-refractivity contribution in [3.8, 4) is 0 Å². The van der Waals surface area contributed by atoms with Gasteiger partial charge in [-0.3, -0.25) is 0 Å². The maximum Gasteiger partial charge on any atom is 0.0235 e. The first-order valence-corrected chi connectivity index (χ1v) is 9.74. The van der Waals surface area contributed by atoms with Crippen molar-refractivity contribution in [2.45, 2.75) is 63.8 Å². The molecule has 6 rings (SSSR count). The van der Waals surface area contributed by atoms with Crippen LogP contribution in [0.2, 0.25) is 0 Å². The lowest BCUT2D eigenvalue weighted by atomic mass is 9.49. The molecule has 0 radical (unpaired) electrons. The summed E-state index contributed by atoms with van der Waals surface area (Å²) in [6, 6.07) is 0.829. The molecule has 1 N–H and O–H groups in total. The van der Waals surface area contributed by atoms with Crippen LogP contribution < -0.4 is 5.32 Å². The molecule has 2 heteroatoms. The van der Waals surface area contributed by atoms with E-state index in [0.29, 0.717) is 0 Å². The first-order chi connectivity index (χ1) is 10.3. The first-order valence-electron chi connectivity index (χ1n) is 9.74. The maximum absolute atomic E-state index is 3.76. The van der Waals surface area contributed by atoms with Crippen molar-refractivity contribution in [2.24, 2.45) is 29.1 Å². The lowest BCUT2D eigenvalue weighted by Gasteiger charge is -2.57. The molecular weight excluding hydrogens is 256 g/mol. The summed E-state index contributed by atoms with van der Waals surface area (Å²) in [7, 11) is 0. The van der Waals surface area contributed by atoms with Gasteiger partial charge in [-0.15, -0.1) is 0 Å². The quantitative estimate of drug-likeness (QED) is 0.857. The number of hydrogen-bond donors (Lipinski definition) is 1. The van der Waals surface area contributed by atoms with Crippen LogP contribution in [-0.4, -0.2) is 37.1 Å². The van der Waals surface area contributed by atoms with Gasteiger partial charge in [0.2, 0.25) is 0 Å². The first kappa shape index (κ1) is 13.4. The highest BCUT2D eigenvalue weighted by atomic mass is 15.2. The van der Waals surface area contributed by atoms with E-state index >= 15 is 0 Å². The molecule has 0 unspecified atom stereocenters. The van der Waals surface area contributed by atoms with E-state index < -0.39 is 0 Å². The van der Waals surface area contributed by atoms with Gasteiger partial charge >= 0.3 is 0 Å². The highest BCUT2D eigenvalue weighted by Gasteiger charge is 2.50. The monoisotopic (exact) mass is 288 g/mol. The molecular formula is C19H32N2. The number of rotatable bonds is 3. The molecule has 0 aromatic rings. The fraction of sp³-hybridized carbons (Fsp3) is 1.00. The minimum Gasteiger partial charge on any atom is -0.312 e. The smallest absolute Gasteiger partial charge is 0.0235 e. The third kappa shape index (κ3) is 2.37. The van der Waals surface area contributed by atoms with Crippen molar-refractivity contribution in [1.82, 2.24) is 10.2 Å². The largest absolute Gasteiger partial charge is 0.312 e. The average molecular weight is 288 g/mol. The van der Waals surface area contributed by atoms with Crippen molar-refractivity contribution in [2.75, 3.05) is 26.2 Å². The number of nitrogens with one attached hydrogen (secondary N) is 1. The Bertz CT molecular complexity index is 355. The van der Waals surface area contributed by atoms with Crippen LogP contribution in [0, 0.1) is 29.1 Å². The van der Waals surface area contributed by atoms with Gasteiger partial charge < -0.3 is 10.2 Å². The van der Waals surface area contributed by atoms with E-state index in [1.54, 1.807) is 38.5 Å². The van der Waals surface area contributed by atoms with Crippen molar-refractivity contribution >= 4 is 0 Å². The van der Waals surface area contributed by atoms with Gasteiger partial charge in [-0.25, -0.2) is 0 Å². The Balaban J connectivity index is 1.21. The molecule has 6 fully saturated rings. The summed E-state index contributed by atoms with van der Waals surface area (Å²) in [4.78, 5) is 2.81. The minimum absolute atomic E-state index is 0.788. The van der Waals surface area contributed by atoms with Gasteiger partial charge in [-0.2, -0.15) is 0 Å². The van der Waals surface area contributed by atoms with Crippen LogP contribution in [0.4, 0.5) is 0 Å². The van der Waals surface area contributed by atoms with Crippen molar-refractivity contribution in [3.05, 3.63) is 0 Å². The lowest BCUT2D eigenvalue weighted by molar-refractivity contribution is -0.0604. The molecule has 2 aliphatic heterocycles. The normalized spacial score (nSPS) is 52.3. The van der Waals surface area contributed by atoms with Gasteiger partial charge in [-0.05, 0) is 100.0 Å². The van der Waals surface area contributed by atoms with Gasteiger partial charge in [0.15, 0.2) is 0 Å². The molecule has 118 valence electrons. The topological polar surface area (TPSA) is 15.3 Å². The Morgan fingerprint density at radius 1 is 0.952 bits per heavy atom. The van der Waals surface area contributed by atoms with Crippen molar-refractivity contribution < 1.29 is 0 Å². The van der Waals surface area contributed by atoms with Crippen molar-refractivity contribution in [3.63, 3.8) is 0 Å². The lowest BCUT2D eigenvalue weighted by Crippen LogP contribution is -2.47. The van der Waals surface area contributed by atoms with E-state index in [-0.39, 0.29) is 0 Å². The van der Waals surface area contributed by atoms with Crippen LogP contribution in [0.1, 0.15) is 57.8 Å². The number of fused-ring (bicyclic) bond motifs is 1. The second-order valence-electron chi connectivity index (χ2n) is 9.39.